The summed E-state index contributed by atoms with van der Waals surface area (Å²) in [5.74, 6) is -2.87. The maximum Gasteiger partial charge on any atom is 0.291 e. The third-order valence-corrected chi connectivity index (χ3v) is 4.51. The predicted octanol–water partition coefficient (Wildman–Crippen LogP) is 2.36. The van der Waals surface area contributed by atoms with Gasteiger partial charge in [0.2, 0.25) is 5.78 Å². The van der Waals surface area contributed by atoms with E-state index in [1.54, 1.807) is 24.5 Å². The van der Waals surface area contributed by atoms with Gasteiger partial charge in [0, 0.05) is 30.5 Å². The Morgan fingerprint density at radius 3 is 2.52 bits per heavy atom. The van der Waals surface area contributed by atoms with E-state index in [-0.39, 0.29) is 24.2 Å². The van der Waals surface area contributed by atoms with Crippen molar-refractivity contribution >= 4 is 17.5 Å². The molecule has 1 amide bonds. The van der Waals surface area contributed by atoms with Gasteiger partial charge in [0.15, 0.2) is 5.78 Å². The number of nitrogens with one attached hydrogen (secondary N) is 1. The van der Waals surface area contributed by atoms with Gasteiger partial charge in [-0.3, -0.25) is 14.4 Å². The Bertz CT molecular complexity index is 823. The van der Waals surface area contributed by atoms with Crippen molar-refractivity contribution < 1.29 is 18.8 Å². The van der Waals surface area contributed by atoms with Crippen LogP contribution in [0, 0.1) is 11.7 Å². The molecule has 130 valence electrons. The van der Waals surface area contributed by atoms with Gasteiger partial charge in [0.05, 0.1) is 0 Å². The van der Waals surface area contributed by atoms with Gasteiger partial charge in [-0.25, -0.2) is 4.39 Å². The number of carbonyl (C=O) groups excluding carboxylic acids is 3. The Balaban J connectivity index is 1.82. The lowest BCUT2D eigenvalue weighted by atomic mass is 9.93. The lowest BCUT2D eigenvalue weighted by Gasteiger charge is -2.19. The number of nitrogens with zero attached hydrogens (tertiary/aromatic N) is 1. The molecule has 1 fully saturated rings. The molecule has 6 heteroatoms. The number of halogens is 1. The highest BCUT2D eigenvalue weighted by atomic mass is 19.1. The van der Waals surface area contributed by atoms with Crippen LogP contribution in [0.5, 0.6) is 0 Å². The lowest BCUT2D eigenvalue weighted by Crippen LogP contribution is -2.33. The fraction of sp³-hybridized carbons (Fsp3) is 0.316. The number of amides is 1. The first-order valence-corrected chi connectivity index (χ1v) is 8.17. The summed E-state index contributed by atoms with van der Waals surface area (Å²) in [6, 6.07) is 5.91. The summed E-state index contributed by atoms with van der Waals surface area (Å²) in [5.41, 5.74) is 1.98. The number of hydrogen-bond acceptors (Lipinski definition) is 3. The maximum absolute atomic E-state index is 13.0. The van der Waals surface area contributed by atoms with E-state index in [4.69, 9.17) is 0 Å². The van der Waals surface area contributed by atoms with Gasteiger partial charge in [-0.2, -0.15) is 0 Å². The zero-order valence-corrected chi connectivity index (χ0v) is 14.1. The van der Waals surface area contributed by atoms with Crippen LogP contribution in [0.15, 0.2) is 36.7 Å². The fourth-order valence-electron chi connectivity index (χ4n) is 3.08. The van der Waals surface area contributed by atoms with Crippen LogP contribution in [0.4, 0.5) is 4.39 Å². The summed E-state index contributed by atoms with van der Waals surface area (Å²) in [6.07, 6.45) is 3.68. The van der Waals surface area contributed by atoms with Gasteiger partial charge in [0.25, 0.3) is 5.91 Å². The lowest BCUT2D eigenvalue weighted by molar-refractivity contribution is -0.141. The van der Waals surface area contributed by atoms with Gasteiger partial charge >= 0.3 is 0 Å². The number of Topliss-reactive ketones (excluding diaryl/α,β-unsaturated/α-hetero) is 2. The van der Waals surface area contributed by atoms with E-state index < -0.39 is 17.6 Å². The number of ketones is 2. The number of benzene rings is 1. The van der Waals surface area contributed by atoms with Gasteiger partial charge in [-0.1, -0.05) is 12.1 Å². The number of rotatable bonds is 5. The van der Waals surface area contributed by atoms with Crippen LogP contribution in [0.2, 0.25) is 0 Å². The van der Waals surface area contributed by atoms with Crippen molar-refractivity contribution in [1.29, 1.82) is 0 Å². The SMILES string of the molecule is CC(C)N1CC(C(=O)c2c[nH]cc2Cc2ccc(F)cc2)C(=O)C1=O. The fourth-order valence-corrected chi connectivity index (χ4v) is 3.08. The molecular weight excluding hydrogens is 323 g/mol. The molecule has 1 saturated heterocycles. The van der Waals surface area contributed by atoms with Crippen LogP contribution in [0.25, 0.3) is 0 Å². The smallest absolute Gasteiger partial charge is 0.291 e. The van der Waals surface area contributed by atoms with Crippen molar-refractivity contribution in [2.45, 2.75) is 26.3 Å². The zero-order chi connectivity index (χ0) is 18.1. The quantitative estimate of drug-likeness (QED) is 0.515. The molecule has 1 aromatic carbocycles. The number of aromatic nitrogens is 1. The Morgan fingerprint density at radius 2 is 1.92 bits per heavy atom. The molecule has 1 aliphatic heterocycles. The topological polar surface area (TPSA) is 70.2 Å². The minimum Gasteiger partial charge on any atom is -0.367 e. The van der Waals surface area contributed by atoms with Crippen LogP contribution in [0.1, 0.15) is 35.3 Å². The molecule has 25 heavy (non-hydrogen) atoms. The minimum atomic E-state index is -0.960. The molecule has 1 N–H and O–H groups in total. The number of H-pyrrole nitrogens is 1. The summed E-state index contributed by atoms with van der Waals surface area (Å²) in [4.78, 5) is 41.4. The average molecular weight is 342 g/mol. The summed E-state index contributed by atoms with van der Waals surface area (Å²) >= 11 is 0. The molecule has 0 aliphatic carbocycles. The van der Waals surface area contributed by atoms with Gasteiger partial charge < -0.3 is 9.88 Å². The van der Waals surface area contributed by atoms with Crippen LogP contribution in [-0.4, -0.2) is 39.9 Å². The maximum atomic E-state index is 13.0. The van der Waals surface area contributed by atoms with E-state index in [0.29, 0.717) is 12.0 Å². The summed E-state index contributed by atoms with van der Waals surface area (Å²) in [7, 11) is 0. The number of likely N-dealkylation sites (tertiary alicyclic amines) is 1. The molecule has 5 nitrogen and oxygen atoms in total. The largest absolute Gasteiger partial charge is 0.367 e. The van der Waals surface area contributed by atoms with Crippen molar-refractivity contribution in [2.24, 2.45) is 5.92 Å². The third-order valence-electron chi connectivity index (χ3n) is 4.51. The van der Waals surface area contributed by atoms with Crippen LogP contribution in [0.3, 0.4) is 0 Å². The second kappa shape index (κ2) is 6.63. The number of aromatic amines is 1. The molecule has 0 radical (unpaired) electrons. The first-order valence-electron chi connectivity index (χ1n) is 8.17. The van der Waals surface area contributed by atoms with Crippen molar-refractivity contribution in [3.63, 3.8) is 0 Å². The van der Waals surface area contributed by atoms with E-state index >= 15 is 0 Å². The Labute approximate surface area is 144 Å². The molecule has 2 aromatic rings. The molecule has 0 spiro atoms. The molecular formula is C19H19FN2O3. The van der Waals surface area contributed by atoms with E-state index in [0.717, 1.165) is 11.1 Å². The van der Waals surface area contributed by atoms with E-state index in [2.05, 4.69) is 4.98 Å². The highest BCUT2D eigenvalue weighted by molar-refractivity contribution is 6.43. The highest BCUT2D eigenvalue weighted by Crippen LogP contribution is 2.24. The first-order chi connectivity index (χ1) is 11.9. The second-order valence-corrected chi connectivity index (χ2v) is 6.53. The monoisotopic (exact) mass is 342 g/mol. The number of hydrogen-bond donors (Lipinski definition) is 1. The molecule has 1 aliphatic rings. The zero-order valence-electron chi connectivity index (χ0n) is 14.1. The van der Waals surface area contributed by atoms with Crippen LogP contribution < -0.4 is 0 Å². The normalized spacial score (nSPS) is 17.6. The Morgan fingerprint density at radius 1 is 1.24 bits per heavy atom. The van der Waals surface area contributed by atoms with Gasteiger partial charge in [-0.05, 0) is 43.5 Å². The van der Waals surface area contributed by atoms with Crippen molar-refractivity contribution in [3.8, 4) is 0 Å². The first kappa shape index (κ1) is 17.1. The highest BCUT2D eigenvalue weighted by Gasteiger charge is 2.44. The van der Waals surface area contributed by atoms with Gasteiger partial charge in [0.1, 0.15) is 11.7 Å². The minimum absolute atomic E-state index is 0.120. The summed E-state index contributed by atoms with van der Waals surface area (Å²) in [5, 5.41) is 0. The predicted molar refractivity (Wildman–Crippen MR) is 89.7 cm³/mol. The van der Waals surface area contributed by atoms with Crippen molar-refractivity contribution in [2.75, 3.05) is 6.54 Å². The number of carbonyl (C=O) groups is 3. The molecule has 2 heterocycles. The summed E-state index contributed by atoms with van der Waals surface area (Å²) in [6.45, 7) is 3.75. The van der Waals surface area contributed by atoms with E-state index in [1.165, 1.54) is 17.0 Å². The Hall–Kier alpha value is -2.76. The van der Waals surface area contributed by atoms with Crippen LogP contribution in [-0.2, 0) is 16.0 Å². The molecule has 1 atom stereocenters. The molecule has 1 aromatic heterocycles. The van der Waals surface area contributed by atoms with E-state index in [1.807, 2.05) is 13.8 Å². The Kier molecular flexibility index (Phi) is 4.53. The molecule has 3 rings (SSSR count). The molecule has 1 unspecified atom stereocenters. The standard InChI is InChI=1S/C19H19FN2O3/c1-11(2)22-10-16(18(24)19(22)25)17(23)15-9-21-8-13(15)7-12-3-5-14(20)6-4-12/h3-6,8-9,11,16,21H,7,10H2,1-2H3. The van der Waals surface area contributed by atoms with Crippen LogP contribution >= 0.6 is 0 Å². The van der Waals surface area contributed by atoms with Crippen molar-refractivity contribution in [1.82, 2.24) is 9.88 Å². The summed E-state index contributed by atoms with van der Waals surface area (Å²) < 4.78 is 13.0. The molecule has 0 bridgehead atoms. The average Bonchev–Trinajstić information content (AvgIpc) is 3.15. The van der Waals surface area contributed by atoms with Crippen molar-refractivity contribution in [3.05, 3.63) is 59.2 Å². The molecule has 0 saturated carbocycles. The second-order valence-electron chi connectivity index (χ2n) is 6.53. The third kappa shape index (κ3) is 3.24. The van der Waals surface area contributed by atoms with Gasteiger partial charge in [-0.15, -0.1) is 0 Å². The van der Waals surface area contributed by atoms with E-state index in [9.17, 15) is 18.8 Å².